The Labute approximate surface area is 190 Å². The van der Waals surface area contributed by atoms with E-state index in [9.17, 15) is 15.0 Å². The second kappa shape index (κ2) is 8.63. The van der Waals surface area contributed by atoms with E-state index in [1.165, 1.54) is 25.7 Å². The topological polar surface area (TPSA) is 69.6 Å². The van der Waals surface area contributed by atoms with Crippen molar-refractivity contribution in [2.75, 3.05) is 0 Å². The van der Waals surface area contributed by atoms with Gasteiger partial charge in [0.1, 0.15) is 0 Å². The van der Waals surface area contributed by atoms with Gasteiger partial charge in [0.15, 0.2) is 0 Å². The van der Waals surface area contributed by atoms with Gasteiger partial charge in [-0.05, 0) is 118 Å². The predicted octanol–water partition coefficient (Wildman–Crippen LogP) is 4.92. The fourth-order valence-electron chi connectivity index (χ4n) is 9.13. The van der Waals surface area contributed by atoms with Crippen molar-refractivity contribution in [3.63, 3.8) is 0 Å². The molecule has 0 saturated heterocycles. The van der Waals surface area contributed by atoms with Gasteiger partial charge in [-0.3, -0.25) is 4.79 Å². The highest BCUT2D eigenvalue weighted by atomic mass is 16.3. The third kappa shape index (κ3) is 4.09. The lowest BCUT2D eigenvalue weighted by Gasteiger charge is -2.62. The molecule has 4 fully saturated rings. The van der Waals surface area contributed by atoms with Crippen molar-refractivity contribution in [3.05, 3.63) is 0 Å². The van der Waals surface area contributed by atoms with Crippen molar-refractivity contribution < 1.29 is 15.0 Å². The zero-order valence-corrected chi connectivity index (χ0v) is 20.6. The molecule has 0 aromatic heterocycles. The van der Waals surface area contributed by atoms with Crippen molar-refractivity contribution in [3.8, 4) is 0 Å². The molecule has 4 aliphatic rings. The number of hydrogen-bond acceptors (Lipinski definition) is 3. The van der Waals surface area contributed by atoms with Crippen LogP contribution in [-0.2, 0) is 4.79 Å². The molecule has 10 atom stereocenters. The van der Waals surface area contributed by atoms with Crippen molar-refractivity contribution in [1.82, 2.24) is 5.32 Å². The van der Waals surface area contributed by atoms with Gasteiger partial charge in [0.2, 0.25) is 5.91 Å². The Morgan fingerprint density at radius 1 is 0.968 bits per heavy atom. The molecule has 0 radical (unpaired) electrons. The van der Waals surface area contributed by atoms with E-state index in [4.69, 9.17) is 0 Å². The minimum absolute atomic E-state index is 0.166. The number of amides is 1. The standard InChI is InChI=1S/C27H47NO3/c1-16(2)28-24(31)9-6-17(3)20-7-8-21-25-22(11-13-27(20,21)5)26(4)12-10-19(29)14-18(26)15-23(25)30/h16-23,25,29-30H,6-15H2,1-5H3,(H,28,31)/t17-,18?,19?,20-,21?,22?,23+,25?,26+,27-/m1/s1. The number of aliphatic hydroxyl groups excluding tert-OH is 2. The third-order valence-corrected chi connectivity index (χ3v) is 10.7. The summed E-state index contributed by atoms with van der Waals surface area (Å²) in [5, 5.41) is 24.7. The molecule has 4 aliphatic carbocycles. The van der Waals surface area contributed by atoms with E-state index in [1.54, 1.807) is 0 Å². The van der Waals surface area contributed by atoms with Crippen LogP contribution in [0.3, 0.4) is 0 Å². The normalized spacial score (nSPS) is 47.9. The molecule has 0 aromatic rings. The molecule has 0 aliphatic heterocycles. The average Bonchev–Trinajstić information content (AvgIpc) is 3.04. The SMILES string of the molecule is CC(C)NC(=O)CC[C@@H](C)[C@H]1CCC2C3C(CC[C@@]21C)[C@@]1(C)CCC(O)CC1C[C@@H]3O. The van der Waals surface area contributed by atoms with Crippen LogP contribution in [0.25, 0.3) is 0 Å². The van der Waals surface area contributed by atoms with Gasteiger partial charge in [-0.25, -0.2) is 0 Å². The Balaban J connectivity index is 1.47. The van der Waals surface area contributed by atoms with E-state index in [-0.39, 0.29) is 24.2 Å². The third-order valence-electron chi connectivity index (χ3n) is 10.7. The van der Waals surface area contributed by atoms with E-state index >= 15 is 0 Å². The zero-order valence-electron chi connectivity index (χ0n) is 20.6. The number of nitrogens with one attached hydrogen (secondary N) is 1. The number of hydrogen-bond donors (Lipinski definition) is 3. The summed E-state index contributed by atoms with van der Waals surface area (Å²) in [5.74, 6) is 3.53. The molecule has 31 heavy (non-hydrogen) atoms. The highest BCUT2D eigenvalue weighted by Gasteiger charge is 2.62. The number of rotatable bonds is 5. The maximum atomic E-state index is 12.2. The molecule has 0 aromatic carbocycles. The Kier molecular flexibility index (Phi) is 6.55. The quantitative estimate of drug-likeness (QED) is 0.576. The van der Waals surface area contributed by atoms with E-state index in [1.807, 2.05) is 13.8 Å². The fraction of sp³-hybridized carbons (Fsp3) is 0.963. The van der Waals surface area contributed by atoms with Crippen molar-refractivity contribution in [1.29, 1.82) is 0 Å². The van der Waals surface area contributed by atoms with E-state index in [0.717, 1.165) is 32.1 Å². The molecule has 178 valence electrons. The minimum Gasteiger partial charge on any atom is -0.393 e. The molecule has 4 rings (SSSR count). The summed E-state index contributed by atoms with van der Waals surface area (Å²) in [6.45, 7) is 11.4. The summed E-state index contributed by atoms with van der Waals surface area (Å²) in [6.07, 6.45) is 10.1. The summed E-state index contributed by atoms with van der Waals surface area (Å²) >= 11 is 0. The van der Waals surface area contributed by atoms with Crippen molar-refractivity contribution >= 4 is 5.91 Å². The number of fused-ring (bicyclic) bond motifs is 5. The molecule has 3 N–H and O–H groups in total. The summed E-state index contributed by atoms with van der Waals surface area (Å²) in [5.41, 5.74) is 0.594. The molecule has 4 saturated carbocycles. The van der Waals surface area contributed by atoms with Crippen molar-refractivity contribution in [2.45, 2.75) is 117 Å². The minimum atomic E-state index is -0.205. The molecule has 0 spiro atoms. The molecular weight excluding hydrogens is 386 g/mol. The zero-order chi connectivity index (χ0) is 22.6. The Bertz CT molecular complexity index is 665. The predicted molar refractivity (Wildman–Crippen MR) is 124 cm³/mol. The van der Waals surface area contributed by atoms with Crippen molar-refractivity contribution in [2.24, 2.45) is 46.3 Å². The second-order valence-electron chi connectivity index (χ2n) is 12.7. The number of aliphatic hydroxyl groups is 2. The van der Waals surface area contributed by atoms with Gasteiger partial charge in [0, 0.05) is 12.5 Å². The molecule has 4 nitrogen and oxygen atoms in total. The average molecular weight is 434 g/mol. The molecular formula is C27H47NO3. The van der Waals surface area contributed by atoms with Crippen LogP contribution in [0, 0.1) is 46.3 Å². The maximum absolute atomic E-state index is 12.2. The molecule has 1 amide bonds. The summed E-state index contributed by atoms with van der Waals surface area (Å²) in [7, 11) is 0. The van der Waals surface area contributed by atoms with Crippen LogP contribution in [0.2, 0.25) is 0 Å². The number of carbonyl (C=O) groups is 1. The van der Waals surface area contributed by atoms with Crippen LogP contribution in [0.15, 0.2) is 0 Å². The molecule has 5 unspecified atom stereocenters. The second-order valence-corrected chi connectivity index (χ2v) is 12.7. The Morgan fingerprint density at radius 3 is 2.35 bits per heavy atom. The van der Waals surface area contributed by atoms with Gasteiger partial charge in [-0.15, -0.1) is 0 Å². The van der Waals surface area contributed by atoms with Crippen LogP contribution >= 0.6 is 0 Å². The first-order valence-electron chi connectivity index (χ1n) is 13.2. The van der Waals surface area contributed by atoms with E-state index in [2.05, 4.69) is 26.1 Å². The van der Waals surface area contributed by atoms with Crippen LogP contribution in [0.5, 0.6) is 0 Å². The van der Waals surface area contributed by atoms with Gasteiger partial charge < -0.3 is 15.5 Å². The van der Waals surface area contributed by atoms with Crippen LogP contribution in [0.1, 0.15) is 98.8 Å². The van der Waals surface area contributed by atoms with Gasteiger partial charge in [-0.1, -0.05) is 20.8 Å². The first-order chi connectivity index (χ1) is 14.6. The van der Waals surface area contributed by atoms with Gasteiger partial charge in [0.05, 0.1) is 12.2 Å². The highest BCUT2D eigenvalue weighted by Crippen LogP contribution is 2.68. The highest BCUT2D eigenvalue weighted by molar-refractivity contribution is 5.76. The lowest BCUT2D eigenvalue weighted by atomic mass is 9.43. The monoisotopic (exact) mass is 433 g/mol. The molecule has 0 heterocycles. The Hall–Kier alpha value is -0.610. The van der Waals surface area contributed by atoms with E-state index < -0.39 is 0 Å². The molecule has 4 heteroatoms. The summed E-state index contributed by atoms with van der Waals surface area (Å²) < 4.78 is 0. The van der Waals surface area contributed by atoms with E-state index in [0.29, 0.717) is 52.8 Å². The van der Waals surface area contributed by atoms with Crippen LogP contribution in [-0.4, -0.2) is 34.4 Å². The summed E-state index contributed by atoms with van der Waals surface area (Å²) in [6, 6.07) is 0.213. The maximum Gasteiger partial charge on any atom is 0.220 e. The van der Waals surface area contributed by atoms with Crippen LogP contribution in [0.4, 0.5) is 0 Å². The lowest BCUT2D eigenvalue weighted by Crippen LogP contribution is -2.58. The first kappa shape index (κ1) is 23.5. The number of carbonyl (C=O) groups excluding carboxylic acids is 1. The fourth-order valence-corrected chi connectivity index (χ4v) is 9.13. The van der Waals surface area contributed by atoms with Gasteiger partial charge in [-0.2, -0.15) is 0 Å². The first-order valence-corrected chi connectivity index (χ1v) is 13.2. The van der Waals surface area contributed by atoms with Gasteiger partial charge >= 0.3 is 0 Å². The smallest absolute Gasteiger partial charge is 0.220 e. The van der Waals surface area contributed by atoms with Gasteiger partial charge in [0.25, 0.3) is 0 Å². The Morgan fingerprint density at radius 2 is 1.65 bits per heavy atom. The largest absolute Gasteiger partial charge is 0.393 e. The molecule has 0 bridgehead atoms. The summed E-state index contributed by atoms with van der Waals surface area (Å²) in [4.78, 5) is 12.2. The van der Waals surface area contributed by atoms with Crippen LogP contribution < -0.4 is 5.32 Å². The lowest BCUT2D eigenvalue weighted by molar-refractivity contribution is -0.174.